The zero-order valence-corrected chi connectivity index (χ0v) is 14.1. The fourth-order valence-corrected chi connectivity index (χ4v) is 3.13. The Morgan fingerprint density at radius 3 is 2.45 bits per heavy atom. The lowest BCUT2D eigenvalue weighted by Crippen LogP contribution is -2.21. The maximum Gasteiger partial charge on any atom is 0.145 e. The first-order chi connectivity index (χ1) is 9.45. The first-order valence-corrected chi connectivity index (χ1v) is 7.58. The van der Waals surface area contributed by atoms with Gasteiger partial charge < -0.3 is 5.32 Å². The molecule has 2 aromatic rings. The Morgan fingerprint density at radius 2 is 1.85 bits per heavy atom. The van der Waals surface area contributed by atoms with Crippen LogP contribution in [0.25, 0.3) is 0 Å². The smallest absolute Gasteiger partial charge is 0.145 e. The van der Waals surface area contributed by atoms with Crippen LogP contribution in [0.3, 0.4) is 0 Å². The van der Waals surface area contributed by atoms with Gasteiger partial charge >= 0.3 is 0 Å². The Kier molecular flexibility index (Phi) is 5.09. The number of benzene rings is 2. The molecule has 0 radical (unpaired) electrons. The fraction of sp³-hybridized carbons (Fsp3) is 0.143. The van der Waals surface area contributed by atoms with Gasteiger partial charge in [-0.25, -0.2) is 13.2 Å². The molecule has 0 amide bonds. The predicted molar refractivity (Wildman–Crippen MR) is 84.1 cm³/mol. The third-order valence-electron chi connectivity index (χ3n) is 2.93. The van der Waals surface area contributed by atoms with Crippen molar-refractivity contribution in [1.82, 2.24) is 5.32 Å². The van der Waals surface area contributed by atoms with E-state index < -0.39 is 17.7 Å². The Morgan fingerprint density at radius 1 is 1.15 bits per heavy atom. The highest BCUT2D eigenvalue weighted by Crippen LogP contribution is 2.32. The summed E-state index contributed by atoms with van der Waals surface area (Å²) < 4.78 is 42.1. The summed E-state index contributed by atoms with van der Waals surface area (Å²) in [6.07, 6.45) is 0. The van der Waals surface area contributed by atoms with Crippen LogP contribution >= 0.6 is 38.5 Å². The minimum Gasteiger partial charge on any atom is -0.309 e. The molecule has 0 fully saturated rings. The zero-order valence-electron chi connectivity index (χ0n) is 10.4. The highest BCUT2D eigenvalue weighted by molar-refractivity contribution is 14.1. The standard InChI is InChI=1S/C14H10BrF3IN/c1-20-14(8-3-2-7(16)6-11(8)19)12-10(17)5-4-9(15)13(12)18/h2-6,14,20H,1H3. The molecule has 0 heterocycles. The van der Waals surface area contributed by atoms with Crippen LogP contribution in [0, 0.1) is 21.0 Å². The summed E-state index contributed by atoms with van der Waals surface area (Å²) >= 11 is 5.00. The minimum atomic E-state index is -0.694. The molecule has 1 unspecified atom stereocenters. The largest absolute Gasteiger partial charge is 0.309 e. The number of hydrogen-bond donors (Lipinski definition) is 1. The van der Waals surface area contributed by atoms with Crippen LogP contribution in [-0.4, -0.2) is 7.05 Å². The second-order valence-electron chi connectivity index (χ2n) is 4.14. The molecule has 6 heteroatoms. The van der Waals surface area contributed by atoms with Crippen LogP contribution in [-0.2, 0) is 0 Å². The van der Waals surface area contributed by atoms with E-state index in [9.17, 15) is 13.2 Å². The molecule has 20 heavy (non-hydrogen) atoms. The van der Waals surface area contributed by atoms with Gasteiger partial charge in [0, 0.05) is 9.13 Å². The molecule has 106 valence electrons. The molecule has 0 saturated heterocycles. The van der Waals surface area contributed by atoms with Crippen molar-refractivity contribution in [1.29, 1.82) is 0 Å². The van der Waals surface area contributed by atoms with E-state index in [0.29, 0.717) is 9.13 Å². The number of rotatable bonds is 3. The van der Waals surface area contributed by atoms with Gasteiger partial charge in [-0.1, -0.05) is 6.07 Å². The summed E-state index contributed by atoms with van der Waals surface area (Å²) in [6.45, 7) is 0. The maximum atomic E-state index is 14.2. The second-order valence-corrected chi connectivity index (χ2v) is 6.16. The summed E-state index contributed by atoms with van der Waals surface area (Å²) in [5.41, 5.74) is 0.525. The molecule has 0 saturated carbocycles. The van der Waals surface area contributed by atoms with E-state index in [4.69, 9.17) is 0 Å². The molecular weight excluding hydrogens is 446 g/mol. The van der Waals surface area contributed by atoms with Gasteiger partial charge in [0.1, 0.15) is 17.5 Å². The highest BCUT2D eigenvalue weighted by atomic mass is 127. The van der Waals surface area contributed by atoms with Gasteiger partial charge in [-0.3, -0.25) is 0 Å². The highest BCUT2D eigenvalue weighted by Gasteiger charge is 2.24. The normalized spacial score (nSPS) is 12.5. The van der Waals surface area contributed by atoms with Crippen molar-refractivity contribution in [3.8, 4) is 0 Å². The monoisotopic (exact) mass is 455 g/mol. The van der Waals surface area contributed by atoms with E-state index in [2.05, 4.69) is 21.2 Å². The molecule has 1 N–H and O–H groups in total. The minimum absolute atomic E-state index is 0.0913. The fourth-order valence-electron chi connectivity index (χ4n) is 2.00. The van der Waals surface area contributed by atoms with E-state index in [0.717, 1.165) is 0 Å². The van der Waals surface area contributed by atoms with E-state index >= 15 is 0 Å². The zero-order chi connectivity index (χ0) is 14.9. The van der Waals surface area contributed by atoms with E-state index in [-0.39, 0.29) is 15.9 Å². The first kappa shape index (κ1) is 15.8. The van der Waals surface area contributed by atoms with Gasteiger partial charge in [-0.05, 0) is 75.4 Å². The molecule has 1 atom stereocenters. The molecular formula is C14H10BrF3IN. The van der Waals surface area contributed by atoms with Crippen LogP contribution in [0.15, 0.2) is 34.8 Å². The Balaban J connectivity index is 2.61. The summed E-state index contributed by atoms with van der Waals surface area (Å²) in [5.74, 6) is -1.70. The predicted octanol–water partition coefficient (Wildman–Crippen LogP) is 4.78. The maximum absolute atomic E-state index is 14.2. The SMILES string of the molecule is CNC(c1ccc(F)cc1I)c1c(F)ccc(Br)c1F. The summed E-state index contributed by atoms with van der Waals surface area (Å²) in [4.78, 5) is 0. The number of hydrogen-bond acceptors (Lipinski definition) is 1. The van der Waals surface area contributed by atoms with Crippen molar-refractivity contribution in [2.75, 3.05) is 7.05 Å². The third-order valence-corrected chi connectivity index (χ3v) is 4.48. The molecule has 2 rings (SSSR count). The molecule has 2 aromatic carbocycles. The average molecular weight is 456 g/mol. The molecule has 0 spiro atoms. The van der Waals surface area contributed by atoms with Gasteiger partial charge in [-0.2, -0.15) is 0 Å². The molecule has 0 aliphatic carbocycles. The summed E-state index contributed by atoms with van der Waals surface area (Å²) in [7, 11) is 1.60. The third kappa shape index (κ3) is 3.01. The lowest BCUT2D eigenvalue weighted by Gasteiger charge is -2.20. The number of halogens is 5. The molecule has 0 aromatic heterocycles. The van der Waals surface area contributed by atoms with Crippen molar-refractivity contribution >= 4 is 38.5 Å². The lowest BCUT2D eigenvalue weighted by atomic mass is 9.98. The molecule has 0 bridgehead atoms. The van der Waals surface area contributed by atoms with Crippen LogP contribution in [0.2, 0.25) is 0 Å². The van der Waals surface area contributed by atoms with Gasteiger partial charge in [0.15, 0.2) is 0 Å². The summed E-state index contributed by atoms with van der Waals surface area (Å²) in [6, 6.07) is 5.95. The van der Waals surface area contributed by atoms with E-state index in [1.807, 2.05) is 22.6 Å². The van der Waals surface area contributed by atoms with Crippen LogP contribution < -0.4 is 5.32 Å². The Hall–Kier alpha value is -0.600. The van der Waals surface area contributed by atoms with Crippen molar-refractivity contribution in [2.24, 2.45) is 0 Å². The van der Waals surface area contributed by atoms with Crippen molar-refractivity contribution in [3.05, 3.63) is 67.0 Å². The Bertz CT molecular complexity index is 649. The topological polar surface area (TPSA) is 12.0 Å². The van der Waals surface area contributed by atoms with Crippen LogP contribution in [0.5, 0.6) is 0 Å². The van der Waals surface area contributed by atoms with Crippen molar-refractivity contribution in [3.63, 3.8) is 0 Å². The first-order valence-electron chi connectivity index (χ1n) is 5.71. The number of nitrogens with one attached hydrogen (secondary N) is 1. The van der Waals surface area contributed by atoms with Gasteiger partial charge in [0.05, 0.1) is 10.5 Å². The van der Waals surface area contributed by atoms with Gasteiger partial charge in [0.2, 0.25) is 0 Å². The van der Waals surface area contributed by atoms with Crippen LogP contribution in [0.4, 0.5) is 13.2 Å². The quantitative estimate of drug-likeness (QED) is 0.518. The van der Waals surface area contributed by atoms with Crippen molar-refractivity contribution < 1.29 is 13.2 Å². The van der Waals surface area contributed by atoms with Crippen molar-refractivity contribution in [2.45, 2.75) is 6.04 Å². The molecule has 1 nitrogen and oxygen atoms in total. The van der Waals surface area contributed by atoms with E-state index in [1.54, 1.807) is 7.05 Å². The molecule has 0 aliphatic rings. The van der Waals surface area contributed by atoms with E-state index in [1.165, 1.54) is 30.3 Å². The summed E-state index contributed by atoms with van der Waals surface area (Å²) in [5, 5.41) is 2.88. The van der Waals surface area contributed by atoms with Gasteiger partial charge in [0.25, 0.3) is 0 Å². The second kappa shape index (κ2) is 6.44. The lowest BCUT2D eigenvalue weighted by molar-refractivity contribution is 0.517. The van der Waals surface area contributed by atoms with Gasteiger partial charge in [-0.15, -0.1) is 0 Å². The Labute approximate surface area is 136 Å². The van der Waals surface area contributed by atoms with Crippen LogP contribution in [0.1, 0.15) is 17.2 Å². The average Bonchev–Trinajstić information content (AvgIpc) is 2.40. The molecule has 0 aliphatic heterocycles.